The molecule has 1 heterocycles. The molecule has 172 valence electrons. The standard InChI is InChI=1S/C25H24N6O2S/c1-2-13-31-23(16-26-22-12-6-9-19-8-3-4-11-21(19)22)28-30-25(31)34-17-24(33)29-27-15-18-7-5-10-20(32)14-18/h2-12,14-15,26,32H,1,13,16-17H2,(H,29,33)/b27-15+. The number of thioether (sulfide) groups is 1. The summed E-state index contributed by atoms with van der Waals surface area (Å²) in [6.45, 7) is 4.83. The van der Waals surface area contributed by atoms with Crippen LogP contribution in [0.2, 0.25) is 0 Å². The van der Waals surface area contributed by atoms with E-state index in [9.17, 15) is 9.90 Å². The number of hydrogen-bond donors (Lipinski definition) is 3. The van der Waals surface area contributed by atoms with E-state index in [4.69, 9.17) is 0 Å². The molecule has 3 N–H and O–H groups in total. The second kappa shape index (κ2) is 11.2. The van der Waals surface area contributed by atoms with Crippen molar-refractivity contribution in [3.05, 3.63) is 90.8 Å². The van der Waals surface area contributed by atoms with E-state index in [1.165, 1.54) is 18.0 Å². The molecule has 4 rings (SSSR count). The van der Waals surface area contributed by atoms with Gasteiger partial charge in [0.15, 0.2) is 11.0 Å². The lowest BCUT2D eigenvalue weighted by molar-refractivity contribution is -0.118. The Labute approximate surface area is 201 Å². The fourth-order valence-electron chi connectivity index (χ4n) is 3.37. The van der Waals surface area contributed by atoms with Crippen molar-refractivity contribution in [3.63, 3.8) is 0 Å². The third kappa shape index (κ3) is 5.81. The molecule has 0 aliphatic heterocycles. The van der Waals surface area contributed by atoms with Gasteiger partial charge in [0.05, 0.1) is 18.5 Å². The van der Waals surface area contributed by atoms with E-state index in [1.807, 2.05) is 28.8 Å². The topological polar surface area (TPSA) is 104 Å². The van der Waals surface area contributed by atoms with Gasteiger partial charge < -0.3 is 15.0 Å². The molecule has 0 atom stereocenters. The molecule has 0 aliphatic rings. The average molecular weight is 473 g/mol. The predicted octanol–water partition coefficient (Wildman–Crippen LogP) is 4.18. The summed E-state index contributed by atoms with van der Waals surface area (Å²) in [6.07, 6.45) is 3.24. The Morgan fingerprint density at radius 3 is 2.79 bits per heavy atom. The van der Waals surface area contributed by atoms with Crippen molar-refractivity contribution in [2.24, 2.45) is 5.10 Å². The van der Waals surface area contributed by atoms with E-state index in [-0.39, 0.29) is 17.4 Å². The quantitative estimate of drug-likeness (QED) is 0.138. The van der Waals surface area contributed by atoms with Gasteiger partial charge in [0.1, 0.15) is 5.75 Å². The van der Waals surface area contributed by atoms with Crippen LogP contribution in [-0.4, -0.2) is 37.7 Å². The Hall–Kier alpha value is -4.11. The normalized spacial score (nSPS) is 11.1. The highest BCUT2D eigenvalue weighted by Crippen LogP contribution is 2.24. The van der Waals surface area contributed by atoms with Crippen LogP contribution in [0, 0.1) is 0 Å². The van der Waals surface area contributed by atoms with Crippen molar-refractivity contribution >= 4 is 40.3 Å². The highest BCUT2D eigenvalue weighted by molar-refractivity contribution is 7.99. The fraction of sp³-hybridized carbons (Fsp3) is 0.120. The third-order valence-corrected chi connectivity index (χ3v) is 5.90. The molecule has 34 heavy (non-hydrogen) atoms. The third-order valence-electron chi connectivity index (χ3n) is 4.94. The maximum Gasteiger partial charge on any atom is 0.250 e. The van der Waals surface area contributed by atoms with E-state index >= 15 is 0 Å². The van der Waals surface area contributed by atoms with Crippen LogP contribution in [0.25, 0.3) is 10.8 Å². The fourth-order valence-corrected chi connectivity index (χ4v) is 4.13. The molecular formula is C25H24N6O2S. The minimum atomic E-state index is -0.273. The number of carbonyl (C=O) groups excluding carboxylic acids is 1. The minimum absolute atomic E-state index is 0.128. The summed E-state index contributed by atoms with van der Waals surface area (Å²) in [5.41, 5.74) is 4.18. The van der Waals surface area contributed by atoms with Crippen LogP contribution in [0.5, 0.6) is 5.75 Å². The van der Waals surface area contributed by atoms with Gasteiger partial charge in [-0.2, -0.15) is 5.10 Å². The number of anilines is 1. The number of allylic oxidation sites excluding steroid dienone is 1. The summed E-state index contributed by atoms with van der Waals surface area (Å²) in [4.78, 5) is 12.2. The summed E-state index contributed by atoms with van der Waals surface area (Å²) in [6, 6.07) is 20.9. The van der Waals surface area contributed by atoms with Gasteiger partial charge in [-0.05, 0) is 29.1 Å². The van der Waals surface area contributed by atoms with Gasteiger partial charge in [-0.25, -0.2) is 5.43 Å². The van der Waals surface area contributed by atoms with Gasteiger partial charge in [-0.1, -0.05) is 66.4 Å². The largest absolute Gasteiger partial charge is 0.508 e. The average Bonchev–Trinajstić information content (AvgIpc) is 3.23. The second-order valence-corrected chi connectivity index (χ2v) is 8.30. The molecule has 0 spiro atoms. The number of phenols is 1. The number of hydrazone groups is 1. The summed E-state index contributed by atoms with van der Waals surface area (Å²) in [5, 5.41) is 28.3. The first kappa shape index (κ1) is 23.1. The summed E-state index contributed by atoms with van der Waals surface area (Å²) >= 11 is 1.28. The SMILES string of the molecule is C=CCn1c(CNc2cccc3ccccc23)nnc1SCC(=O)N/N=C/c1cccc(O)c1. The van der Waals surface area contributed by atoms with Gasteiger partial charge in [0.2, 0.25) is 0 Å². The van der Waals surface area contributed by atoms with E-state index in [1.54, 1.807) is 30.3 Å². The number of benzene rings is 3. The second-order valence-electron chi connectivity index (χ2n) is 7.36. The molecule has 1 aromatic heterocycles. The van der Waals surface area contributed by atoms with Gasteiger partial charge in [-0.15, -0.1) is 16.8 Å². The van der Waals surface area contributed by atoms with Gasteiger partial charge in [0, 0.05) is 17.6 Å². The number of amides is 1. The highest BCUT2D eigenvalue weighted by Gasteiger charge is 2.13. The molecule has 0 unspecified atom stereocenters. The Bertz CT molecular complexity index is 1330. The smallest absolute Gasteiger partial charge is 0.250 e. The summed E-state index contributed by atoms with van der Waals surface area (Å²) in [7, 11) is 0. The molecule has 1 amide bonds. The molecule has 3 aromatic carbocycles. The number of nitrogens with zero attached hydrogens (tertiary/aromatic N) is 4. The Morgan fingerprint density at radius 2 is 1.94 bits per heavy atom. The van der Waals surface area contributed by atoms with Crippen LogP contribution < -0.4 is 10.7 Å². The van der Waals surface area contributed by atoms with E-state index < -0.39 is 0 Å². The Morgan fingerprint density at radius 1 is 1.12 bits per heavy atom. The van der Waals surface area contributed by atoms with Crippen molar-refractivity contribution in [3.8, 4) is 5.75 Å². The molecule has 4 aromatic rings. The lowest BCUT2D eigenvalue weighted by Gasteiger charge is -2.11. The zero-order valence-corrected chi connectivity index (χ0v) is 19.2. The number of aromatic nitrogens is 3. The molecule has 0 bridgehead atoms. The van der Waals surface area contributed by atoms with Crippen LogP contribution in [0.4, 0.5) is 5.69 Å². The number of rotatable bonds is 10. The molecule has 0 saturated heterocycles. The van der Waals surface area contributed by atoms with Crippen LogP contribution in [0.1, 0.15) is 11.4 Å². The molecule has 9 heteroatoms. The van der Waals surface area contributed by atoms with E-state index in [2.05, 4.69) is 50.8 Å². The zero-order chi connectivity index (χ0) is 23.8. The van der Waals surface area contributed by atoms with Crippen LogP contribution in [0.15, 0.2) is 89.6 Å². The molecular weight excluding hydrogens is 448 g/mol. The van der Waals surface area contributed by atoms with Gasteiger partial charge >= 0.3 is 0 Å². The first-order chi connectivity index (χ1) is 16.6. The minimum Gasteiger partial charge on any atom is -0.508 e. The molecule has 0 saturated carbocycles. The Balaban J connectivity index is 1.37. The van der Waals surface area contributed by atoms with Crippen LogP contribution >= 0.6 is 11.8 Å². The molecule has 8 nitrogen and oxygen atoms in total. The van der Waals surface area contributed by atoms with Gasteiger partial charge in [0.25, 0.3) is 5.91 Å². The van der Waals surface area contributed by atoms with Crippen LogP contribution in [0.3, 0.4) is 0 Å². The van der Waals surface area contributed by atoms with E-state index in [0.29, 0.717) is 23.8 Å². The zero-order valence-electron chi connectivity index (χ0n) is 18.4. The van der Waals surface area contributed by atoms with Crippen LogP contribution in [-0.2, 0) is 17.9 Å². The Kier molecular flexibility index (Phi) is 7.56. The summed E-state index contributed by atoms with van der Waals surface area (Å²) in [5.74, 6) is 0.740. The van der Waals surface area contributed by atoms with Crippen molar-refractivity contribution in [1.29, 1.82) is 0 Å². The van der Waals surface area contributed by atoms with Crippen molar-refractivity contribution in [1.82, 2.24) is 20.2 Å². The molecule has 0 fully saturated rings. The number of fused-ring (bicyclic) bond motifs is 1. The maximum absolute atomic E-state index is 12.2. The monoisotopic (exact) mass is 472 g/mol. The lowest BCUT2D eigenvalue weighted by Crippen LogP contribution is -2.20. The van der Waals surface area contributed by atoms with Crippen molar-refractivity contribution in [2.45, 2.75) is 18.2 Å². The summed E-state index contributed by atoms with van der Waals surface area (Å²) < 4.78 is 1.93. The predicted molar refractivity (Wildman–Crippen MR) is 136 cm³/mol. The number of aromatic hydroxyl groups is 1. The highest BCUT2D eigenvalue weighted by atomic mass is 32.2. The van der Waals surface area contributed by atoms with Gasteiger partial charge in [-0.3, -0.25) is 4.79 Å². The maximum atomic E-state index is 12.2. The molecule has 0 aliphatic carbocycles. The lowest BCUT2D eigenvalue weighted by atomic mass is 10.1. The number of carbonyl (C=O) groups is 1. The van der Waals surface area contributed by atoms with E-state index in [0.717, 1.165) is 22.3 Å². The first-order valence-electron chi connectivity index (χ1n) is 10.6. The number of nitrogens with one attached hydrogen (secondary N) is 2. The van der Waals surface area contributed by atoms with Crippen molar-refractivity contribution < 1.29 is 9.90 Å². The number of phenolic OH excluding ortho intramolecular Hbond substituents is 1. The van der Waals surface area contributed by atoms with Crippen molar-refractivity contribution in [2.75, 3.05) is 11.1 Å². The molecule has 0 radical (unpaired) electrons. The first-order valence-corrected chi connectivity index (χ1v) is 11.6. The number of hydrogen-bond acceptors (Lipinski definition) is 7.